The molecule has 1 rings (SSSR count). The van der Waals surface area contributed by atoms with Gasteiger partial charge in [-0.1, -0.05) is 33.1 Å². The molecule has 0 aromatic heterocycles. The molecule has 5 nitrogen and oxygen atoms in total. The van der Waals surface area contributed by atoms with Crippen molar-refractivity contribution in [2.45, 2.75) is 77.4 Å². The highest BCUT2D eigenvalue weighted by Crippen LogP contribution is 2.22. The lowest BCUT2D eigenvalue weighted by atomic mass is 9.97. The third kappa shape index (κ3) is 7.46. The lowest BCUT2D eigenvalue weighted by Gasteiger charge is -2.26. The standard InChI is InChI=1S/C16H28O5/c1-3-10-19-15(17)12-14(16(18)20-11-4-2)21-13-8-6-5-7-9-13/h13-14H,3-12H2,1-2H3. The van der Waals surface area contributed by atoms with E-state index in [-0.39, 0.29) is 12.5 Å². The molecule has 1 unspecified atom stereocenters. The summed E-state index contributed by atoms with van der Waals surface area (Å²) in [5.41, 5.74) is 0. The molecular formula is C16H28O5. The second-order valence-electron chi connectivity index (χ2n) is 5.48. The van der Waals surface area contributed by atoms with Crippen LogP contribution in [0.25, 0.3) is 0 Å². The zero-order chi connectivity index (χ0) is 15.5. The average molecular weight is 300 g/mol. The van der Waals surface area contributed by atoms with Crippen LogP contribution in [0.15, 0.2) is 0 Å². The normalized spacial score (nSPS) is 17.2. The Kier molecular flexibility index (Phi) is 9.06. The first-order chi connectivity index (χ1) is 10.2. The molecule has 0 radical (unpaired) electrons. The zero-order valence-corrected chi connectivity index (χ0v) is 13.3. The molecule has 0 aromatic carbocycles. The van der Waals surface area contributed by atoms with Gasteiger partial charge < -0.3 is 14.2 Å². The highest BCUT2D eigenvalue weighted by molar-refractivity contribution is 5.81. The maximum atomic E-state index is 12.0. The lowest BCUT2D eigenvalue weighted by Crippen LogP contribution is -2.34. The molecule has 1 aliphatic carbocycles. The summed E-state index contributed by atoms with van der Waals surface area (Å²) in [5, 5.41) is 0. The molecule has 0 aliphatic heterocycles. The highest BCUT2D eigenvalue weighted by Gasteiger charge is 2.28. The van der Waals surface area contributed by atoms with Gasteiger partial charge in [-0.3, -0.25) is 4.79 Å². The van der Waals surface area contributed by atoms with Crippen molar-refractivity contribution in [2.75, 3.05) is 13.2 Å². The van der Waals surface area contributed by atoms with Crippen molar-refractivity contribution in [2.24, 2.45) is 0 Å². The van der Waals surface area contributed by atoms with Crippen molar-refractivity contribution >= 4 is 11.9 Å². The minimum Gasteiger partial charge on any atom is -0.466 e. The number of esters is 2. The van der Waals surface area contributed by atoms with Crippen LogP contribution < -0.4 is 0 Å². The summed E-state index contributed by atoms with van der Waals surface area (Å²) in [7, 11) is 0. The molecule has 0 amide bonds. The van der Waals surface area contributed by atoms with E-state index in [9.17, 15) is 9.59 Å². The fourth-order valence-corrected chi connectivity index (χ4v) is 2.34. The topological polar surface area (TPSA) is 61.8 Å². The highest BCUT2D eigenvalue weighted by atomic mass is 16.6. The molecular weight excluding hydrogens is 272 g/mol. The predicted octanol–water partition coefficient (Wildman–Crippen LogP) is 3.00. The Morgan fingerprint density at radius 3 is 2.24 bits per heavy atom. The maximum absolute atomic E-state index is 12.0. The van der Waals surface area contributed by atoms with Gasteiger partial charge in [0.05, 0.1) is 25.7 Å². The molecule has 122 valence electrons. The molecule has 1 fully saturated rings. The van der Waals surface area contributed by atoms with Crippen LogP contribution in [-0.4, -0.2) is 37.4 Å². The van der Waals surface area contributed by atoms with E-state index in [1.54, 1.807) is 0 Å². The average Bonchev–Trinajstić information content (AvgIpc) is 2.51. The minimum absolute atomic E-state index is 0.0527. The first-order valence-electron chi connectivity index (χ1n) is 8.15. The molecule has 0 aromatic rings. The smallest absolute Gasteiger partial charge is 0.335 e. The Morgan fingerprint density at radius 2 is 1.62 bits per heavy atom. The molecule has 21 heavy (non-hydrogen) atoms. The fourth-order valence-electron chi connectivity index (χ4n) is 2.34. The van der Waals surface area contributed by atoms with E-state index in [1.165, 1.54) is 6.42 Å². The summed E-state index contributed by atoms with van der Waals surface area (Å²) in [6, 6.07) is 0. The van der Waals surface area contributed by atoms with E-state index in [0.29, 0.717) is 13.2 Å². The van der Waals surface area contributed by atoms with Crippen molar-refractivity contribution in [3.8, 4) is 0 Å². The minimum atomic E-state index is -0.830. The van der Waals surface area contributed by atoms with Gasteiger partial charge in [-0.2, -0.15) is 0 Å². The van der Waals surface area contributed by atoms with Gasteiger partial charge in [0, 0.05) is 0 Å². The number of ether oxygens (including phenoxy) is 3. The van der Waals surface area contributed by atoms with Crippen LogP contribution in [-0.2, 0) is 23.8 Å². The first-order valence-corrected chi connectivity index (χ1v) is 8.15. The number of carbonyl (C=O) groups is 2. The molecule has 1 saturated carbocycles. The van der Waals surface area contributed by atoms with Crippen LogP contribution in [0.3, 0.4) is 0 Å². The largest absolute Gasteiger partial charge is 0.466 e. The molecule has 1 atom stereocenters. The predicted molar refractivity (Wildman–Crippen MR) is 78.9 cm³/mol. The van der Waals surface area contributed by atoms with Gasteiger partial charge in [-0.05, 0) is 25.7 Å². The molecule has 0 bridgehead atoms. The van der Waals surface area contributed by atoms with E-state index >= 15 is 0 Å². The van der Waals surface area contributed by atoms with Crippen molar-refractivity contribution in [3.63, 3.8) is 0 Å². The molecule has 0 spiro atoms. The summed E-state index contributed by atoms with van der Waals surface area (Å²) in [6.07, 6.45) is 6.01. The number of hydrogen-bond donors (Lipinski definition) is 0. The van der Waals surface area contributed by atoms with Gasteiger partial charge in [0.1, 0.15) is 0 Å². The van der Waals surface area contributed by atoms with E-state index in [2.05, 4.69) is 0 Å². The molecule has 0 saturated heterocycles. The lowest BCUT2D eigenvalue weighted by molar-refractivity contribution is -0.168. The van der Waals surface area contributed by atoms with Gasteiger partial charge in [-0.25, -0.2) is 4.79 Å². The number of carbonyl (C=O) groups excluding carboxylic acids is 2. The Bertz CT molecular complexity index is 310. The molecule has 0 N–H and O–H groups in total. The van der Waals surface area contributed by atoms with Crippen molar-refractivity contribution in [3.05, 3.63) is 0 Å². The third-order valence-corrected chi connectivity index (χ3v) is 3.44. The van der Waals surface area contributed by atoms with Crippen LogP contribution in [0.4, 0.5) is 0 Å². The van der Waals surface area contributed by atoms with Gasteiger partial charge in [-0.15, -0.1) is 0 Å². The van der Waals surface area contributed by atoms with Gasteiger partial charge in [0.15, 0.2) is 6.10 Å². The van der Waals surface area contributed by atoms with Gasteiger partial charge in [0.25, 0.3) is 0 Å². The zero-order valence-electron chi connectivity index (χ0n) is 13.3. The van der Waals surface area contributed by atoms with E-state index in [4.69, 9.17) is 14.2 Å². The monoisotopic (exact) mass is 300 g/mol. The summed E-state index contributed by atoms with van der Waals surface area (Å²) < 4.78 is 16.0. The van der Waals surface area contributed by atoms with Crippen LogP contribution in [0.1, 0.15) is 65.2 Å². The van der Waals surface area contributed by atoms with Gasteiger partial charge in [0.2, 0.25) is 0 Å². The fraction of sp³-hybridized carbons (Fsp3) is 0.875. The molecule has 0 heterocycles. The van der Waals surface area contributed by atoms with Crippen molar-refractivity contribution in [1.29, 1.82) is 0 Å². The Balaban J connectivity index is 2.51. The Labute approximate surface area is 127 Å². The molecule has 5 heteroatoms. The first kappa shape index (κ1) is 18.0. The summed E-state index contributed by atoms with van der Waals surface area (Å²) in [6.45, 7) is 4.59. The quantitative estimate of drug-likeness (QED) is 0.613. The van der Waals surface area contributed by atoms with E-state index in [1.807, 2.05) is 13.8 Å². The summed E-state index contributed by atoms with van der Waals surface area (Å²) in [4.78, 5) is 23.8. The van der Waals surface area contributed by atoms with Crippen molar-refractivity contribution < 1.29 is 23.8 Å². The second kappa shape index (κ2) is 10.6. The summed E-state index contributed by atoms with van der Waals surface area (Å²) in [5.74, 6) is -0.845. The third-order valence-electron chi connectivity index (χ3n) is 3.44. The molecule has 1 aliphatic rings. The van der Waals surface area contributed by atoms with E-state index < -0.39 is 18.0 Å². The Morgan fingerprint density at radius 1 is 1.00 bits per heavy atom. The van der Waals surface area contributed by atoms with Crippen LogP contribution >= 0.6 is 0 Å². The van der Waals surface area contributed by atoms with Crippen LogP contribution in [0.2, 0.25) is 0 Å². The second-order valence-corrected chi connectivity index (χ2v) is 5.48. The maximum Gasteiger partial charge on any atom is 0.335 e. The SMILES string of the molecule is CCCOC(=O)CC(OC1CCCCC1)C(=O)OCCC. The Hall–Kier alpha value is -1.10. The van der Waals surface area contributed by atoms with Crippen LogP contribution in [0, 0.1) is 0 Å². The van der Waals surface area contributed by atoms with Crippen LogP contribution in [0.5, 0.6) is 0 Å². The van der Waals surface area contributed by atoms with Gasteiger partial charge >= 0.3 is 11.9 Å². The summed E-state index contributed by atoms with van der Waals surface area (Å²) >= 11 is 0. The van der Waals surface area contributed by atoms with Crippen molar-refractivity contribution in [1.82, 2.24) is 0 Å². The number of rotatable bonds is 9. The van der Waals surface area contributed by atoms with E-state index in [0.717, 1.165) is 38.5 Å². The number of hydrogen-bond acceptors (Lipinski definition) is 5.